The fourth-order valence-corrected chi connectivity index (χ4v) is 3.10. The molecular weight excluding hydrogens is 322 g/mol. The number of rotatable bonds is 8. The van der Waals surface area contributed by atoms with E-state index in [-0.39, 0.29) is 5.91 Å². The van der Waals surface area contributed by atoms with Gasteiger partial charge in [-0.15, -0.1) is 0 Å². The third-order valence-electron chi connectivity index (χ3n) is 4.98. The first-order valence-electron chi connectivity index (χ1n) is 9.66. The third kappa shape index (κ3) is 4.66. The molecule has 0 fully saturated rings. The lowest BCUT2D eigenvalue weighted by molar-refractivity contribution is -0.122. The van der Waals surface area contributed by atoms with E-state index in [9.17, 15) is 4.79 Å². The van der Waals surface area contributed by atoms with Crippen LogP contribution < -0.4 is 10.1 Å². The maximum absolute atomic E-state index is 12.9. The molecule has 0 saturated carbocycles. The molecule has 26 heavy (non-hydrogen) atoms. The highest BCUT2D eigenvalue weighted by atomic mass is 16.5. The van der Waals surface area contributed by atoms with E-state index in [4.69, 9.17) is 4.74 Å². The van der Waals surface area contributed by atoms with Gasteiger partial charge in [-0.2, -0.15) is 0 Å². The standard InChI is InChI=1S/C23H31NO2/c1-6-16(4)19-14-9-10-15-21(19)26-20(8-3)23(25)24-22-17(5)12-11-13-18(22)7-2/h9-16,20H,6-8H2,1-5H3,(H,24,25). The predicted molar refractivity (Wildman–Crippen MR) is 109 cm³/mol. The fraction of sp³-hybridized carbons (Fsp3) is 0.435. The Morgan fingerprint density at radius 3 is 2.42 bits per heavy atom. The van der Waals surface area contributed by atoms with Crippen molar-refractivity contribution in [2.45, 2.75) is 65.9 Å². The molecule has 0 spiro atoms. The van der Waals surface area contributed by atoms with E-state index >= 15 is 0 Å². The fourth-order valence-electron chi connectivity index (χ4n) is 3.10. The summed E-state index contributed by atoms with van der Waals surface area (Å²) in [6.45, 7) is 10.4. The van der Waals surface area contributed by atoms with Crippen molar-refractivity contribution >= 4 is 11.6 Å². The van der Waals surface area contributed by atoms with Gasteiger partial charge >= 0.3 is 0 Å². The maximum Gasteiger partial charge on any atom is 0.265 e. The van der Waals surface area contributed by atoms with E-state index in [0.717, 1.165) is 41.0 Å². The minimum absolute atomic E-state index is 0.0875. The molecule has 140 valence electrons. The summed E-state index contributed by atoms with van der Waals surface area (Å²) in [7, 11) is 0. The minimum Gasteiger partial charge on any atom is -0.480 e. The highest BCUT2D eigenvalue weighted by Crippen LogP contribution is 2.30. The van der Waals surface area contributed by atoms with Crippen LogP contribution in [0.15, 0.2) is 42.5 Å². The summed E-state index contributed by atoms with van der Waals surface area (Å²) >= 11 is 0. The Hall–Kier alpha value is -2.29. The van der Waals surface area contributed by atoms with Crippen molar-refractivity contribution in [1.82, 2.24) is 0 Å². The number of benzene rings is 2. The van der Waals surface area contributed by atoms with Crippen LogP contribution in [0, 0.1) is 6.92 Å². The topological polar surface area (TPSA) is 38.3 Å². The maximum atomic E-state index is 12.9. The molecule has 2 atom stereocenters. The molecule has 1 N–H and O–H groups in total. The van der Waals surface area contributed by atoms with Crippen LogP contribution >= 0.6 is 0 Å². The van der Waals surface area contributed by atoms with E-state index in [2.05, 4.69) is 38.2 Å². The van der Waals surface area contributed by atoms with Crippen LogP contribution in [-0.4, -0.2) is 12.0 Å². The second kappa shape index (κ2) is 9.42. The lowest BCUT2D eigenvalue weighted by Crippen LogP contribution is -2.33. The second-order valence-corrected chi connectivity index (χ2v) is 6.81. The van der Waals surface area contributed by atoms with Crippen LogP contribution in [-0.2, 0) is 11.2 Å². The number of nitrogens with one attached hydrogen (secondary N) is 1. The molecule has 2 unspecified atom stereocenters. The molecule has 0 aromatic heterocycles. The largest absolute Gasteiger partial charge is 0.480 e. The summed E-state index contributed by atoms with van der Waals surface area (Å²) in [5.74, 6) is 1.12. The highest BCUT2D eigenvalue weighted by Gasteiger charge is 2.22. The normalized spacial score (nSPS) is 13.1. The first kappa shape index (κ1) is 20.0. The summed E-state index contributed by atoms with van der Waals surface area (Å²) in [5, 5.41) is 3.10. The molecule has 3 nitrogen and oxygen atoms in total. The van der Waals surface area contributed by atoms with Gasteiger partial charge < -0.3 is 10.1 Å². The SMILES string of the molecule is CCc1cccc(C)c1NC(=O)C(CC)Oc1ccccc1C(C)CC. The van der Waals surface area contributed by atoms with Crippen molar-refractivity contribution in [2.75, 3.05) is 5.32 Å². The van der Waals surface area contributed by atoms with Crippen molar-refractivity contribution in [1.29, 1.82) is 0 Å². The van der Waals surface area contributed by atoms with Gasteiger partial charge in [-0.05, 0) is 54.9 Å². The predicted octanol–water partition coefficient (Wildman–Crippen LogP) is 5.87. The van der Waals surface area contributed by atoms with Crippen molar-refractivity contribution in [3.8, 4) is 5.75 Å². The van der Waals surface area contributed by atoms with E-state index in [1.165, 1.54) is 0 Å². The molecule has 1 amide bonds. The summed E-state index contributed by atoms with van der Waals surface area (Å²) in [5.41, 5.74) is 4.30. The third-order valence-corrected chi connectivity index (χ3v) is 4.98. The number of ether oxygens (including phenoxy) is 1. The molecule has 0 saturated heterocycles. The van der Waals surface area contributed by atoms with Gasteiger partial charge in [0.05, 0.1) is 0 Å². The lowest BCUT2D eigenvalue weighted by Gasteiger charge is -2.22. The van der Waals surface area contributed by atoms with E-state index in [1.54, 1.807) is 0 Å². The van der Waals surface area contributed by atoms with E-state index in [0.29, 0.717) is 12.3 Å². The zero-order valence-electron chi connectivity index (χ0n) is 16.6. The summed E-state index contributed by atoms with van der Waals surface area (Å²) in [6.07, 6.45) is 2.02. The number of anilines is 1. The second-order valence-electron chi connectivity index (χ2n) is 6.81. The van der Waals surface area contributed by atoms with Gasteiger partial charge in [0.15, 0.2) is 6.10 Å². The number of para-hydroxylation sites is 2. The van der Waals surface area contributed by atoms with Crippen LogP contribution in [0.3, 0.4) is 0 Å². The summed E-state index contributed by atoms with van der Waals surface area (Å²) in [6, 6.07) is 14.1. The molecule has 0 radical (unpaired) electrons. The average molecular weight is 354 g/mol. The van der Waals surface area contributed by atoms with Crippen LogP contribution in [0.1, 0.15) is 63.1 Å². The number of hydrogen-bond acceptors (Lipinski definition) is 2. The molecule has 0 aliphatic rings. The lowest BCUT2D eigenvalue weighted by atomic mass is 9.98. The summed E-state index contributed by atoms with van der Waals surface area (Å²) < 4.78 is 6.15. The summed E-state index contributed by atoms with van der Waals surface area (Å²) in [4.78, 5) is 12.9. The molecule has 2 rings (SSSR count). The molecule has 0 aliphatic heterocycles. The van der Waals surface area contributed by atoms with Gasteiger partial charge in [-0.1, -0.05) is 64.1 Å². The zero-order chi connectivity index (χ0) is 19.1. The van der Waals surface area contributed by atoms with Crippen molar-refractivity contribution in [3.63, 3.8) is 0 Å². The molecule has 2 aromatic rings. The van der Waals surface area contributed by atoms with E-state index < -0.39 is 6.10 Å². The Balaban J connectivity index is 2.21. The number of amides is 1. The molecule has 0 aliphatic carbocycles. The molecular formula is C23H31NO2. The van der Waals surface area contributed by atoms with Gasteiger partial charge in [0.1, 0.15) is 5.75 Å². The van der Waals surface area contributed by atoms with Gasteiger partial charge in [-0.25, -0.2) is 0 Å². The van der Waals surface area contributed by atoms with Gasteiger partial charge in [0.2, 0.25) is 0 Å². The van der Waals surface area contributed by atoms with Crippen LogP contribution in [0.2, 0.25) is 0 Å². The Kier molecular flexibility index (Phi) is 7.26. The Bertz CT molecular complexity index is 739. The van der Waals surface area contributed by atoms with Gasteiger partial charge in [0.25, 0.3) is 5.91 Å². The number of carbonyl (C=O) groups is 1. The molecule has 3 heteroatoms. The Labute approximate surface area is 157 Å². The van der Waals surface area contributed by atoms with Crippen molar-refractivity contribution in [3.05, 3.63) is 59.2 Å². The van der Waals surface area contributed by atoms with Crippen LogP contribution in [0.25, 0.3) is 0 Å². The van der Waals surface area contributed by atoms with Crippen LogP contribution in [0.5, 0.6) is 5.75 Å². The van der Waals surface area contributed by atoms with E-state index in [1.807, 2.05) is 44.2 Å². The first-order valence-corrected chi connectivity index (χ1v) is 9.66. The minimum atomic E-state index is -0.510. The Morgan fingerprint density at radius 1 is 1.04 bits per heavy atom. The van der Waals surface area contributed by atoms with Gasteiger partial charge in [-0.3, -0.25) is 4.79 Å². The van der Waals surface area contributed by atoms with Crippen molar-refractivity contribution < 1.29 is 9.53 Å². The van der Waals surface area contributed by atoms with Gasteiger partial charge in [0, 0.05) is 5.69 Å². The Morgan fingerprint density at radius 2 is 1.77 bits per heavy atom. The number of carbonyl (C=O) groups excluding carboxylic acids is 1. The van der Waals surface area contributed by atoms with Crippen molar-refractivity contribution in [2.24, 2.45) is 0 Å². The number of hydrogen-bond donors (Lipinski definition) is 1. The van der Waals surface area contributed by atoms with Crippen LogP contribution in [0.4, 0.5) is 5.69 Å². The monoisotopic (exact) mass is 353 g/mol. The smallest absolute Gasteiger partial charge is 0.265 e. The highest BCUT2D eigenvalue weighted by molar-refractivity contribution is 5.95. The average Bonchev–Trinajstić information content (AvgIpc) is 2.67. The quantitative estimate of drug-likeness (QED) is 0.645. The molecule has 2 aromatic carbocycles. The number of aryl methyl sites for hydroxylation is 2. The zero-order valence-corrected chi connectivity index (χ0v) is 16.6. The molecule has 0 bridgehead atoms. The molecule has 0 heterocycles. The first-order chi connectivity index (χ1) is 12.5.